The number of pyridine rings is 1. The van der Waals surface area contributed by atoms with Gasteiger partial charge in [-0.1, -0.05) is 6.92 Å². The van der Waals surface area contributed by atoms with Crippen LogP contribution in [0.5, 0.6) is 0 Å². The number of carbonyl (C=O) groups is 1. The Kier molecular flexibility index (Phi) is 4.43. The van der Waals surface area contributed by atoms with Crippen LogP contribution >= 0.6 is 0 Å². The molecule has 1 aromatic heterocycles. The van der Waals surface area contributed by atoms with Crippen molar-refractivity contribution in [1.82, 2.24) is 4.98 Å². The number of rotatable bonds is 5. The topological polar surface area (TPSA) is 39.2 Å². The van der Waals surface area contributed by atoms with Crippen molar-refractivity contribution in [2.75, 3.05) is 13.7 Å². The maximum Gasteiger partial charge on any atom is 0.167 e. The van der Waals surface area contributed by atoms with Gasteiger partial charge in [0.05, 0.1) is 0 Å². The van der Waals surface area contributed by atoms with Gasteiger partial charge in [0.1, 0.15) is 0 Å². The van der Waals surface area contributed by atoms with Crippen LogP contribution < -0.4 is 0 Å². The molecule has 0 bridgehead atoms. The van der Waals surface area contributed by atoms with E-state index < -0.39 is 0 Å². The van der Waals surface area contributed by atoms with Crippen molar-refractivity contribution < 1.29 is 9.53 Å². The number of nitrogens with zero attached hydrogens (tertiary/aromatic N) is 1. The summed E-state index contributed by atoms with van der Waals surface area (Å²) in [5.41, 5.74) is 1.52. The Bertz CT molecular complexity index is 336. The number of ether oxygens (including phenoxy) is 1. The molecule has 0 N–H and O–H groups in total. The fraction of sp³-hybridized carbons (Fsp3) is 0.500. The molecule has 0 amide bonds. The first-order valence-corrected chi connectivity index (χ1v) is 5.11. The van der Waals surface area contributed by atoms with Crippen LogP contribution in [0.15, 0.2) is 18.3 Å². The zero-order valence-corrected chi connectivity index (χ0v) is 9.49. The highest BCUT2D eigenvalue weighted by Gasteiger charge is 2.16. The second-order valence-electron chi connectivity index (χ2n) is 3.68. The van der Waals surface area contributed by atoms with E-state index in [2.05, 4.69) is 4.98 Å². The molecule has 1 unspecified atom stereocenters. The number of methoxy groups -OCH3 is 1. The smallest absolute Gasteiger partial charge is 0.167 e. The first-order chi connectivity index (χ1) is 7.16. The van der Waals surface area contributed by atoms with Gasteiger partial charge in [-0.15, -0.1) is 0 Å². The first kappa shape index (κ1) is 11.9. The minimum absolute atomic E-state index is 0.00662. The Labute approximate surface area is 90.5 Å². The number of Topliss-reactive ketones (excluding diaryl/α,β-unsaturated/α-hetero) is 1. The molecule has 0 spiro atoms. The van der Waals surface area contributed by atoms with Crippen molar-refractivity contribution in [3.8, 4) is 0 Å². The van der Waals surface area contributed by atoms with Gasteiger partial charge in [0.25, 0.3) is 0 Å². The molecule has 3 nitrogen and oxygen atoms in total. The Morgan fingerprint density at radius 2 is 2.33 bits per heavy atom. The average Bonchev–Trinajstić information content (AvgIpc) is 2.25. The lowest BCUT2D eigenvalue weighted by Gasteiger charge is -2.10. The number of carbonyl (C=O) groups excluding carboxylic acids is 1. The van der Waals surface area contributed by atoms with Crippen molar-refractivity contribution in [3.63, 3.8) is 0 Å². The summed E-state index contributed by atoms with van der Waals surface area (Å²) in [5, 5.41) is 0. The van der Waals surface area contributed by atoms with Crippen LogP contribution in [0.2, 0.25) is 0 Å². The van der Waals surface area contributed by atoms with Crippen LogP contribution in [0.3, 0.4) is 0 Å². The molecule has 0 aliphatic heterocycles. The molecule has 1 atom stereocenters. The molecule has 0 aliphatic carbocycles. The highest BCUT2D eigenvalue weighted by Crippen LogP contribution is 2.14. The minimum Gasteiger partial charge on any atom is -0.385 e. The molecule has 3 heteroatoms. The van der Waals surface area contributed by atoms with Gasteiger partial charge in [-0.2, -0.15) is 0 Å². The summed E-state index contributed by atoms with van der Waals surface area (Å²) in [6, 6.07) is 3.62. The van der Waals surface area contributed by atoms with Crippen molar-refractivity contribution in [3.05, 3.63) is 29.6 Å². The van der Waals surface area contributed by atoms with Gasteiger partial charge in [0, 0.05) is 37.1 Å². The summed E-state index contributed by atoms with van der Waals surface area (Å²) in [5.74, 6) is 0.144. The summed E-state index contributed by atoms with van der Waals surface area (Å²) >= 11 is 0. The normalized spacial score (nSPS) is 12.5. The summed E-state index contributed by atoms with van der Waals surface area (Å²) < 4.78 is 4.96. The zero-order valence-electron chi connectivity index (χ0n) is 9.49. The molecule has 0 saturated carbocycles. The second-order valence-corrected chi connectivity index (χ2v) is 3.68. The van der Waals surface area contributed by atoms with Crippen LogP contribution in [0, 0.1) is 12.8 Å². The third kappa shape index (κ3) is 3.13. The van der Waals surface area contributed by atoms with Crippen LogP contribution in [-0.4, -0.2) is 24.5 Å². The Hall–Kier alpha value is -1.22. The number of hydrogen-bond acceptors (Lipinski definition) is 3. The van der Waals surface area contributed by atoms with E-state index in [0.29, 0.717) is 6.61 Å². The molecule has 15 heavy (non-hydrogen) atoms. The van der Waals surface area contributed by atoms with E-state index in [1.807, 2.05) is 19.9 Å². The lowest BCUT2D eigenvalue weighted by atomic mass is 9.96. The number of hydrogen-bond donors (Lipinski definition) is 0. The first-order valence-electron chi connectivity index (χ1n) is 5.11. The van der Waals surface area contributed by atoms with Gasteiger partial charge in [-0.05, 0) is 25.5 Å². The Morgan fingerprint density at radius 1 is 1.60 bits per heavy atom. The molecule has 1 heterocycles. The van der Waals surface area contributed by atoms with Gasteiger partial charge < -0.3 is 4.74 Å². The average molecular weight is 207 g/mol. The second kappa shape index (κ2) is 5.61. The van der Waals surface area contributed by atoms with Gasteiger partial charge in [-0.25, -0.2) is 0 Å². The summed E-state index contributed by atoms with van der Waals surface area (Å²) in [4.78, 5) is 16.1. The van der Waals surface area contributed by atoms with Crippen LogP contribution in [0.25, 0.3) is 0 Å². The number of aromatic nitrogens is 1. The molecule has 82 valence electrons. The van der Waals surface area contributed by atoms with Gasteiger partial charge in [-0.3, -0.25) is 9.78 Å². The summed E-state index contributed by atoms with van der Waals surface area (Å²) in [7, 11) is 1.65. The van der Waals surface area contributed by atoms with E-state index in [1.54, 1.807) is 19.4 Å². The lowest BCUT2D eigenvalue weighted by molar-refractivity contribution is 0.0892. The van der Waals surface area contributed by atoms with Crippen LogP contribution in [0.1, 0.15) is 29.4 Å². The minimum atomic E-state index is -0.00662. The summed E-state index contributed by atoms with van der Waals surface area (Å²) in [6.45, 7) is 4.40. The Balaban J connectivity index is 2.72. The van der Waals surface area contributed by atoms with E-state index in [-0.39, 0.29) is 11.7 Å². The van der Waals surface area contributed by atoms with Crippen LogP contribution in [0.4, 0.5) is 0 Å². The molecule has 1 rings (SSSR count). The van der Waals surface area contributed by atoms with Gasteiger partial charge in [0.15, 0.2) is 5.78 Å². The van der Waals surface area contributed by atoms with Crippen LogP contribution in [-0.2, 0) is 4.74 Å². The number of ketones is 1. The number of aryl methyl sites for hydroxylation is 1. The van der Waals surface area contributed by atoms with Crippen molar-refractivity contribution in [1.29, 1.82) is 0 Å². The molecular formula is C12H17NO2. The van der Waals surface area contributed by atoms with Gasteiger partial charge in [0.2, 0.25) is 0 Å². The monoisotopic (exact) mass is 207 g/mol. The van der Waals surface area contributed by atoms with E-state index in [9.17, 15) is 4.79 Å². The van der Waals surface area contributed by atoms with E-state index in [0.717, 1.165) is 17.7 Å². The largest absolute Gasteiger partial charge is 0.385 e. The fourth-order valence-electron chi connectivity index (χ4n) is 1.44. The summed E-state index contributed by atoms with van der Waals surface area (Å²) in [6.07, 6.45) is 2.45. The van der Waals surface area contributed by atoms with Crippen molar-refractivity contribution >= 4 is 5.78 Å². The lowest BCUT2D eigenvalue weighted by Crippen LogP contribution is -2.15. The maximum atomic E-state index is 12.0. The molecule has 0 radical (unpaired) electrons. The van der Waals surface area contributed by atoms with Crippen molar-refractivity contribution in [2.45, 2.75) is 20.3 Å². The highest BCUT2D eigenvalue weighted by molar-refractivity contribution is 5.98. The SMILES string of the molecule is COCCC(C)C(=O)c1cccnc1C. The molecule has 0 fully saturated rings. The third-order valence-corrected chi connectivity index (χ3v) is 2.47. The zero-order chi connectivity index (χ0) is 11.3. The van der Waals surface area contributed by atoms with E-state index >= 15 is 0 Å². The van der Waals surface area contributed by atoms with Crippen molar-refractivity contribution in [2.24, 2.45) is 5.92 Å². The van der Waals surface area contributed by atoms with E-state index in [1.165, 1.54) is 0 Å². The van der Waals surface area contributed by atoms with Gasteiger partial charge >= 0.3 is 0 Å². The predicted octanol–water partition coefficient (Wildman–Crippen LogP) is 2.25. The quantitative estimate of drug-likeness (QED) is 0.695. The fourth-order valence-corrected chi connectivity index (χ4v) is 1.44. The molecule has 0 aliphatic rings. The third-order valence-electron chi connectivity index (χ3n) is 2.47. The Morgan fingerprint density at radius 3 is 2.93 bits per heavy atom. The predicted molar refractivity (Wildman–Crippen MR) is 59.0 cm³/mol. The molecule has 0 saturated heterocycles. The highest BCUT2D eigenvalue weighted by atomic mass is 16.5. The molecular weight excluding hydrogens is 190 g/mol. The van der Waals surface area contributed by atoms with E-state index in [4.69, 9.17) is 4.74 Å². The standard InChI is InChI=1S/C12H17NO2/c1-9(6-8-15-3)12(14)11-5-4-7-13-10(11)2/h4-5,7,9H,6,8H2,1-3H3. The molecule has 0 aromatic carbocycles. The molecule has 1 aromatic rings. The maximum absolute atomic E-state index is 12.0.